The number of primary amides is 1. The number of carbonyl (C=O) groups excluding carboxylic acids is 1. The monoisotopic (exact) mass is 248 g/mol. The summed E-state index contributed by atoms with van der Waals surface area (Å²) < 4.78 is 5.87. The summed E-state index contributed by atoms with van der Waals surface area (Å²) >= 11 is 0. The van der Waals surface area contributed by atoms with Gasteiger partial charge in [-0.05, 0) is 37.3 Å². The Labute approximate surface area is 107 Å². The molecule has 0 aromatic carbocycles. The molecule has 1 aromatic heterocycles. The second-order valence-corrected chi connectivity index (χ2v) is 5.73. The van der Waals surface area contributed by atoms with Gasteiger partial charge in [-0.1, -0.05) is 6.92 Å². The Hall–Kier alpha value is -1.29. The Morgan fingerprint density at radius 3 is 2.78 bits per heavy atom. The molecule has 1 aromatic rings. The highest BCUT2D eigenvalue weighted by Gasteiger charge is 2.37. The summed E-state index contributed by atoms with van der Waals surface area (Å²) in [5.74, 6) is 3.17. The van der Waals surface area contributed by atoms with Crippen LogP contribution in [-0.2, 0) is 11.3 Å². The van der Waals surface area contributed by atoms with Crippen LogP contribution < -0.4 is 5.73 Å². The zero-order valence-corrected chi connectivity index (χ0v) is 10.8. The highest BCUT2D eigenvalue weighted by molar-refractivity contribution is 5.76. The lowest BCUT2D eigenvalue weighted by Crippen LogP contribution is -2.34. The van der Waals surface area contributed by atoms with Crippen molar-refractivity contribution in [2.24, 2.45) is 11.7 Å². The maximum Gasteiger partial charge on any atom is 0.231 e. The quantitative estimate of drug-likeness (QED) is 0.835. The summed E-state index contributed by atoms with van der Waals surface area (Å²) in [6.07, 6.45) is 3.57. The molecule has 2 atom stereocenters. The van der Waals surface area contributed by atoms with Crippen LogP contribution in [0.3, 0.4) is 0 Å². The van der Waals surface area contributed by atoms with Gasteiger partial charge in [0.2, 0.25) is 5.91 Å². The van der Waals surface area contributed by atoms with E-state index in [1.807, 2.05) is 6.07 Å². The summed E-state index contributed by atoms with van der Waals surface area (Å²) in [6.45, 7) is 3.28. The van der Waals surface area contributed by atoms with E-state index in [1.165, 1.54) is 19.3 Å². The van der Waals surface area contributed by atoms with Crippen LogP contribution in [0.4, 0.5) is 0 Å². The summed E-state index contributed by atoms with van der Waals surface area (Å²) in [5.41, 5.74) is 5.28. The Balaban J connectivity index is 1.63. The molecule has 1 heterocycles. The average molecular weight is 248 g/mol. The number of rotatable bonds is 6. The SMILES string of the molecule is CC1CC1c1ccc(CN(CC(N)=O)C2CC2)o1. The molecule has 0 saturated heterocycles. The first kappa shape index (κ1) is 11.8. The average Bonchev–Trinajstić information content (AvgIpc) is 3.20. The smallest absolute Gasteiger partial charge is 0.231 e. The Morgan fingerprint density at radius 2 is 2.22 bits per heavy atom. The molecule has 0 bridgehead atoms. The van der Waals surface area contributed by atoms with Gasteiger partial charge in [0.1, 0.15) is 11.5 Å². The predicted molar refractivity (Wildman–Crippen MR) is 67.9 cm³/mol. The van der Waals surface area contributed by atoms with E-state index in [9.17, 15) is 4.79 Å². The molecule has 3 rings (SSSR count). The van der Waals surface area contributed by atoms with Gasteiger partial charge in [0.15, 0.2) is 0 Å². The van der Waals surface area contributed by atoms with Crippen molar-refractivity contribution >= 4 is 5.91 Å². The first-order valence-corrected chi connectivity index (χ1v) is 6.74. The molecule has 2 aliphatic rings. The van der Waals surface area contributed by atoms with Gasteiger partial charge >= 0.3 is 0 Å². The van der Waals surface area contributed by atoms with Crippen molar-refractivity contribution in [2.45, 2.75) is 44.7 Å². The van der Waals surface area contributed by atoms with Crippen LogP contribution in [0.25, 0.3) is 0 Å². The van der Waals surface area contributed by atoms with Crippen LogP contribution >= 0.6 is 0 Å². The first-order valence-electron chi connectivity index (χ1n) is 6.74. The molecule has 0 radical (unpaired) electrons. The molecule has 0 spiro atoms. The largest absolute Gasteiger partial charge is 0.464 e. The third-order valence-electron chi connectivity index (χ3n) is 3.94. The molecule has 4 heteroatoms. The molecule has 2 unspecified atom stereocenters. The van der Waals surface area contributed by atoms with Crippen molar-refractivity contribution in [3.63, 3.8) is 0 Å². The third kappa shape index (κ3) is 2.58. The van der Waals surface area contributed by atoms with Gasteiger partial charge in [-0.2, -0.15) is 0 Å². The Kier molecular flexibility index (Phi) is 2.90. The zero-order valence-electron chi connectivity index (χ0n) is 10.8. The van der Waals surface area contributed by atoms with Crippen molar-refractivity contribution in [1.82, 2.24) is 4.90 Å². The molecule has 2 saturated carbocycles. The molecule has 1 amide bonds. The van der Waals surface area contributed by atoms with Crippen molar-refractivity contribution in [3.05, 3.63) is 23.7 Å². The summed E-state index contributed by atoms with van der Waals surface area (Å²) in [5, 5.41) is 0. The minimum absolute atomic E-state index is 0.260. The zero-order chi connectivity index (χ0) is 12.7. The van der Waals surface area contributed by atoms with Gasteiger partial charge in [0, 0.05) is 12.0 Å². The van der Waals surface area contributed by atoms with Crippen LogP contribution in [0.5, 0.6) is 0 Å². The van der Waals surface area contributed by atoms with Crippen molar-refractivity contribution in [1.29, 1.82) is 0 Å². The number of carbonyl (C=O) groups is 1. The van der Waals surface area contributed by atoms with Crippen LogP contribution in [0.2, 0.25) is 0 Å². The first-order chi connectivity index (χ1) is 8.63. The van der Waals surface area contributed by atoms with E-state index in [1.54, 1.807) is 0 Å². The molecule has 98 valence electrons. The van der Waals surface area contributed by atoms with Gasteiger partial charge in [-0.3, -0.25) is 9.69 Å². The normalized spacial score (nSPS) is 26.6. The van der Waals surface area contributed by atoms with Crippen LogP contribution in [0.15, 0.2) is 16.5 Å². The summed E-state index contributed by atoms with van der Waals surface area (Å²) in [6, 6.07) is 4.64. The van der Waals surface area contributed by atoms with Crippen LogP contribution in [0, 0.1) is 5.92 Å². The molecule has 2 N–H and O–H groups in total. The maximum absolute atomic E-state index is 11.0. The van der Waals surface area contributed by atoms with E-state index in [0.717, 1.165) is 17.4 Å². The number of nitrogens with two attached hydrogens (primary N) is 1. The molecule has 4 nitrogen and oxygen atoms in total. The third-order valence-corrected chi connectivity index (χ3v) is 3.94. The standard InChI is InChI=1S/C14H20N2O2/c1-9-6-12(9)13-5-4-11(18-13)7-16(8-14(15)17)10-2-3-10/h4-5,9-10,12H,2-3,6-8H2,1H3,(H2,15,17). The van der Waals surface area contributed by atoms with Crippen molar-refractivity contribution in [2.75, 3.05) is 6.54 Å². The van der Waals surface area contributed by atoms with Crippen LogP contribution in [-0.4, -0.2) is 23.4 Å². The highest BCUT2D eigenvalue weighted by Crippen LogP contribution is 2.47. The number of furan rings is 1. The minimum Gasteiger partial charge on any atom is -0.464 e. The van der Waals surface area contributed by atoms with Gasteiger partial charge in [-0.25, -0.2) is 0 Å². The summed E-state index contributed by atoms with van der Waals surface area (Å²) in [7, 11) is 0. The lowest BCUT2D eigenvalue weighted by Gasteiger charge is -2.18. The molecule has 18 heavy (non-hydrogen) atoms. The van der Waals surface area contributed by atoms with Gasteiger partial charge in [-0.15, -0.1) is 0 Å². The minimum atomic E-state index is -0.260. The van der Waals surface area contributed by atoms with E-state index >= 15 is 0 Å². The molecular weight excluding hydrogens is 228 g/mol. The lowest BCUT2D eigenvalue weighted by atomic mass is 10.3. The Morgan fingerprint density at radius 1 is 1.50 bits per heavy atom. The van der Waals surface area contributed by atoms with E-state index in [2.05, 4.69) is 17.9 Å². The highest BCUT2D eigenvalue weighted by atomic mass is 16.3. The van der Waals surface area contributed by atoms with Crippen molar-refractivity contribution < 1.29 is 9.21 Å². The number of hydrogen-bond acceptors (Lipinski definition) is 3. The van der Waals surface area contributed by atoms with Crippen LogP contribution in [0.1, 0.15) is 43.6 Å². The van der Waals surface area contributed by atoms with Gasteiger partial charge < -0.3 is 10.2 Å². The maximum atomic E-state index is 11.0. The number of amides is 1. The lowest BCUT2D eigenvalue weighted by molar-refractivity contribution is -0.119. The predicted octanol–water partition coefficient (Wildman–Crippen LogP) is 1.85. The molecule has 2 aliphatic carbocycles. The Bertz CT molecular complexity index is 450. The van der Waals surface area contributed by atoms with E-state index in [0.29, 0.717) is 25.0 Å². The second-order valence-electron chi connectivity index (χ2n) is 5.73. The topological polar surface area (TPSA) is 59.5 Å². The fraction of sp³-hybridized carbons (Fsp3) is 0.643. The number of nitrogens with zero attached hydrogens (tertiary/aromatic N) is 1. The van der Waals surface area contributed by atoms with E-state index < -0.39 is 0 Å². The van der Waals surface area contributed by atoms with Gasteiger partial charge in [0.25, 0.3) is 0 Å². The van der Waals surface area contributed by atoms with E-state index in [-0.39, 0.29) is 5.91 Å². The fourth-order valence-electron chi connectivity index (χ4n) is 2.55. The summed E-state index contributed by atoms with van der Waals surface area (Å²) in [4.78, 5) is 13.2. The van der Waals surface area contributed by atoms with Crippen molar-refractivity contribution in [3.8, 4) is 0 Å². The number of hydrogen-bond donors (Lipinski definition) is 1. The van der Waals surface area contributed by atoms with Gasteiger partial charge in [0.05, 0.1) is 13.1 Å². The fourth-order valence-corrected chi connectivity index (χ4v) is 2.55. The molecule has 2 fully saturated rings. The molecule has 0 aliphatic heterocycles. The molecular formula is C14H20N2O2. The van der Waals surface area contributed by atoms with E-state index in [4.69, 9.17) is 10.2 Å². The second kappa shape index (κ2) is 4.43.